The van der Waals surface area contributed by atoms with Crippen LogP contribution in [-0.4, -0.2) is 33.2 Å². The summed E-state index contributed by atoms with van der Waals surface area (Å²) < 4.78 is 18.9. The number of benzene rings is 2. The molecular weight excluding hydrogens is 325 g/mol. The molecule has 0 saturated carbocycles. The summed E-state index contributed by atoms with van der Waals surface area (Å²) in [6, 6.07) is 11.2. The number of rotatable bonds is 3. The van der Waals surface area contributed by atoms with Gasteiger partial charge in [0, 0.05) is 10.9 Å². The Morgan fingerprint density at radius 3 is 2.84 bits per heavy atom. The van der Waals surface area contributed by atoms with Crippen LogP contribution >= 0.6 is 0 Å². The minimum atomic E-state index is -0.642. The second-order valence-corrected chi connectivity index (χ2v) is 5.30. The third-order valence-corrected chi connectivity index (χ3v) is 3.77. The zero-order valence-corrected chi connectivity index (χ0v) is 13.1. The largest absolute Gasteiger partial charge is 0.497 e. The van der Waals surface area contributed by atoms with Gasteiger partial charge in [0.05, 0.1) is 12.7 Å². The molecule has 7 nitrogen and oxygen atoms in total. The molecule has 0 unspecified atom stereocenters. The lowest BCUT2D eigenvalue weighted by Crippen LogP contribution is -2.16. The first-order valence-electron chi connectivity index (χ1n) is 7.42. The van der Waals surface area contributed by atoms with Gasteiger partial charge in [-0.1, -0.05) is 12.1 Å². The Morgan fingerprint density at radius 2 is 2.04 bits per heavy atom. The highest BCUT2D eigenvalue weighted by molar-refractivity contribution is 6.05. The quantitative estimate of drug-likeness (QED) is 0.599. The van der Waals surface area contributed by atoms with Crippen LogP contribution < -0.4 is 10.1 Å². The molecule has 4 rings (SSSR count). The Hall–Kier alpha value is -3.55. The van der Waals surface area contributed by atoms with Crippen LogP contribution in [0.2, 0.25) is 0 Å². The lowest BCUT2D eigenvalue weighted by molar-refractivity contribution is 0.102. The van der Waals surface area contributed by atoms with Crippen molar-refractivity contribution in [3.05, 3.63) is 53.8 Å². The summed E-state index contributed by atoms with van der Waals surface area (Å²) in [7, 11) is 1.58. The van der Waals surface area contributed by atoms with Crippen molar-refractivity contribution >= 4 is 33.9 Å². The SMILES string of the molecule is COc1ccc2[nH]c3nc(NC(=O)c4ccccc4F)nnc3c2c1. The first kappa shape index (κ1) is 15.0. The molecule has 124 valence electrons. The van der Waals surface area contributed by atoms with Crippen LogP contribution in [0, 0.1) is 5.82 Å². The Bertz CT molecular complexity index is 1110. The zero-order chi connectivity index (χ0) is 17.4. The molecule has 2 N–H and O–H groups in total. The number of hydrogen-bond donors (Lipinski definition) is 2. The molecule has 0 radical (unpaired) electrons. The van der Waals surface area contributed by atoms with Crippen LogP contribution in [-0.2, 0) is 0 Å². The molecule has 25 heavy (non-hydrogen) atoms. The van der Waals surface area contributed by atoms with Gasteiger partial charge in [0.2, 0.25) is 0 Å². The van der Waals surface area contributed by atoms with Gasteiger partial charge in [-0.2, -0.15) is 4.98 Å². The van der Waals surface area contributed by atoms with Gasteiger partial charge in [-0.3, -0.25) is 10.1 Å². The summed E-state index contributed by atoms with van der Waals surface area (Å²) >= 11 is 0. The highest BCUT2D eigenvalue weighted by Crippen LogP contribution is 2.26. The molecule has 4 aromatic rings. The molecule has 1 amide bonds. The lowest BCUT2D eigenvalue weighted by Gasteiger charge is -2.03. The second kappa shape index (κ2) is 5.82. The molecular formula is C17H12FN5O2. The molecule has 0 aliphatic rings. The highest BCUT2D eigenvalue weighted by Gasteiger charge is 2.14. The predicted octanol–water partition coefficient (Wildman–Crippen LogP) is 2.91. The summed E-state index contributed by atoms with van der Waals surface area (Å²) in [5.41, 5.74) is 1.74. The van der Waals surface area contributed by atoms with E-state index in [1.165, 1.54) is 18.2 Å². The van der Waals surface area contributed by atoms with Crippen molar-refractivity contribution < 1.29 is 13.9 Å². The fourth-order valence-electron chi connectivity index (χ4n) is 2.54. The van der Waals surface area contributed by atoms with E-state index in [2.05, 4.69) is 25.5 Å². The highest BCUT2D eigenvalue weighted by atomic mass is 19.1. The van der Waals surface area contributed by atoms with Crippen LogP contribution in [0.1, 0.15) is 10.4 Å². The Kier molecular flexibility index (Phi) is 3.50. The average Bonchev–Trinajstić information content (AvgIpc) is 2.98. The molecule has 2 aromatic heterocycles. The van der Waals surface area contributed by atoms with Crippen molar-refractivity contribution in [1.82, 2.24) is 20.2 Å². The van der Waals surface area contributed by atoms with Gasteiger partial charge in [-0.05, 0) is 30.3 Å². The van der Waals surface area contributed by atoms with Crippen LogP contribution in [0.25, 0.3) is 22.1 Å². The maximum Gasteiger partial charge on any atom is 0.261 e. The van der Waals surface area contributed by atoms with Gasteiger partial charge in [-0.25, -0.2) is 4.39 Å². The van der Waals surface area contributed by atoms with Gasteiger partial charge in [0.1, 0.15) is 17.1 Å². The molecule has 0 atom stereocenters. The fraction of sp³-hybridized carbons (Fsp3) is 0.0588. The number of nitrogens with zero attached hydrogens (tertiary/aromatic N) is 3. The van der Waals surface area contributed by atoms with Crippen molar-refractivity contribution in [2.45, 2.75) is 0 Å². The number of amides is 1. The number of aromatic amines is 1. The van der Waals surface area contributed by atoms with E-state index < -0.39 is 11.7 Å². The molecule has 0 fully saturated rings. The number of methoxy groups -OCH3 is 1. The van der Waals surface area contributed by atoms with E-state index in [9.17, 15) is 9.18 Å². The summed E-state index contributed by atoms with van der Waals surface area (Å²) in [6.07, 6.45) is 0. The lowest BCUT2D eigenvalue weighted by atomic mass is 10.2. The standard InChI is InChI=1S/C17H12FN5O2/c1-25-9-6-7-13-11(8-9)14-15(19-13)20-17(23-22-14)21-16(24)10-4-2-3-5-12(10)18/h2-8H,1H3,(H2,19,20,21,23,24). The van der Waals surface area contributed by atoms with Gasteiger partial charge in [0.15, 0.2) is 5.65 Å². The normalized spacial score (nSPS) is 11.0. The number of aromatic nitrogens is 4. The van der Waals surface area contributed by atoms with E-state index in [1.807, 2.05) is 18.2 Å². The maximum absolute atomic E-state index is 13.7. The number of anilines is 1. The molecule has 2 aromatic carbocycles. The van der Waals surface area contributed by atoms with E-state index in [4.69, 9.17) is 4.74 Å². The number of fused-ring (bicyclic) bond motifs is 3. The molecule has 0 bridgehead atoms. The number of hydrogen-bond acceptors (Lipinski definition) is 5. The molecule has 0 aliphatic carbocycles. The molecule has 0 spiro atoms. The van der Waals surface area contributed by atoms with Gasteiger partial charge < -0.3 is 9.72 Å². The maximum atomic E-state index is 13.7. The van der Waals surface area contributed by atoms with Gasteiger partial charge >= 0.3 is 0 Å². The van der Waals surface area contributed by atoms with E-state index in [0.717, 1.165) is 10.9 Å². The topological polar surface area (TPSA) is 92.8 Å². The Balaban J connectivity index is 1.71. The third kappa shape index (κ3) is 2.63. The summed E-state index contributed by atoms with van der Waals surface area (Å²) in [5, 5.41) is 11.3. The van der Waals surface area contributed by atoms with Crippen molar-refractivity contribution in [3.63, 3.8) is 0 Å². The summed E-state index contributed by atoms with van der Waals surface area (Å²) in [4.78, 5) is 19.5. The van der Waals surface area contributed by atoms with Gasteiger partial charge in [0.25, 0.3) is 11.9 Å². The summed E-state index contributed by atoms with van der Waals surface area (Å²) in [6.45, 7) is 0. The minimum Gasteiger partial charge on any atom is -0.497 e. The number of ether oxygens (including phenoxy) is 1. The number of carbonyl (C=O) groups excluding carboxylic acids is 1. The van der Waals surface area contributed by atoms with E-state index in [-0.39, 0.29) is 11.5 Å². The molecule has 0 saturated heterocycles. The first-order valence-corrected chi connectivity index (χ1v) is 7.42. The number of halogens is 1. The third-order valence-electron chi connectivity index (χ3n) is 3.77. The first-order chi connectivity index (χ1) is 12.2. The van der Waals surface area contributed by atoms with Crippen LogP contribution in [0.5, 0.6) is 5.75 Å². The van der Waals surface area contributed by atoms with Crippen molar-refractivity contribution in [3.8, 4) is 5.75 Å². The second-order valence-electron chi connectivity index (χ2n) is 5.30. The van der Waals surface area contributed by atoms with Crippen LogP contribution in [0.15, 0.2) is 42.5 Å². The van der Waals surface area contributed by atoms with Gasteiger partial charge in [-0.15, -0.1) is 10.2 Å². The zero-order valence-electron chi connectivity index (χ0n) is 13.1. The number of carbonyl (C=O) groups is 1. The van der Waals surface area contributed by atoms with Crippen molar-refractivity contribution in [1.29, 1.82) is 0 Å². The smallest absolute Gasteiger partial charge is 0.261 e. The van der Waals surface area contributed by atoms with Crippen molar-refractivity contribution in [2.75, 3.05) is 12.4 Å². The summed E-state index contributed by atoms with van der Waals surface area (Å²) in [5.74, 6) is -0.588. The average molecular weight is 337 g/mol. The van der Waals surface area contributed by atoms with Crippen molar-refractivity contribution in [2.24, 2.45) is 0 Å². The minimum absolute atomic E-state index is 0.0146. The molecule has 2 heterocycles. The van der Waals surface area contributed by atoms with Crippen LogP contribution in [0.3, 0.4) is 0 Å². The Labute approximate surface area is 140 Å². The van der Waals surface area contributed by atoms with E-state index in [1.54, 1.807) is 13.2 Å². The van der Waals surface area contributed by atoms with Crippen LogP contribution in [0.4, 0.5) is 10.3 Å². The fourth-order valence-corrected chi connectivity index (χ4v) is 2.54. The number of nitrogens with one attached hydrogen (secondary N) is 2. The predicted molar refractivity (Wildman–Crippen MR) is 90.1 cm³/mol. The number of H-pyrrole nitrogens is 1. The van der Waals surface area contributed by atoms with E-state index in [0.29, 0.717) is 16.9 Å². The molecule has 0 aliphatic heterocycles. The van der Waals surface area contributed by atoms with E-state index >= 15 is 0 Å². The monoisotopic (exact) mass is 337 g/mol. The Morgan fingerprint density at radius 1 is 1.20 bits per heavy atom. The molecule has 8 heteroatoms.